The van der Waals surface area contributed by atoms with Crippen LogP contribution < -0.4 is 4.90 Å². The Bertz CT molecular complexity index is 764. The van der Waals surface area contributed by atoms with Gasteiger partial charge in [0.15, 0.2) is 0 Å². The summed E-state index contributed by atoms with van der Waals surface area (Å²) in [5.41, 5.74) is 1.92. The average Bonchev–Trinajstić information content (AvgIpc) is 3.30. The van der Waals surface area contributed by atoms with Crippen molar-refractivity contribution in [1.82, 2.24) is 14.7 Å². The van der Waals surface area contributed by atoms with Crippen molar-refractivity contribution in [3.8, 4) is 0 Å². The minimum absolute atomic E-state index is 0.0382. The summed E-state index contributed by atoms with van der Waals surface area (Å²) in [6.45, 7) is 11.4. The van der Waals surface area contributed by atoms with Gasteiger partial charge in [0.1, 0.15) is 6.61 Å². The predicted molar refractivity (Wildman–Crippen MR) is 132 cm³/mol. The van der Waals surface area contributed by atoms with E-state index in [0.717, 1.165) is 43.7 Å². The molecule has 7 heteroatoms. The summed E-state index contributed by atoms with van der Waals surface area (Å²) < 4.78 is 5.16. The van der Waals surface area contributed by atoms with Crippen molar-refractivity contribution in [2.24, 2.45) is 0 Å². The van der Waals surface area contributed by atoms with E-state index >= 15 is 0 Å². The minimum atomic E-state index is -0.0382. The first kappa shape index (κ1) is 25.7. The summed E-state index contributed by atoms with van der Waals surface area (Å²) in [4.78, 5) is 35.0. The molecule has 0 aromatic heterocycles. The molecule has 1 aromatic carbocycles. The maximum atomic E-state index is 13.3. The first-order chi connectivity index (χ1) is 16.0. The van der Waals surface area contributed by atoms with E-state index < -0.39 is 0 Å². The molecule has 0 radical (unpaired) electrons. The summed E-state index contributed by atoms with van der Waals surface area (Å²) in [5.74, 6) is 0.172. The van der Waals surface area contributed by atoms with Gasteiger partial charge < -0.3 is 19.4 Å². The Kier molecular flexibility index (Phi) is 10.2. The zero-order chi connectivity index (χ0) is 23.6. The van der Waals surface area contributed by atoms with Gasteiger partial charge in [-0.05, 0) is 70.8 Å². The van der Waals surface area contributed by atoms with E-state index in [2.05, 4.69) is 23.6 Å². The number of para-hydroxylation sites is 1. The highest BCUT2D eigenvalue weighted by Gasteiger charge is 2.24. The van der Waals surface area contributed by atoms with Crippen LogP contribution in [0.2, 0.25) is 0 Å². The second-order valence-corrected chi connectivity index (χ2v) is 9.56. The van der Waals surface area contributed by atoms with E-state index in [9.17, 15) is 9.59 Å². The van der Waals surface area contributed by atoms with E-state index in [-0.39, 0.29) is 18.4 Å². The minimum Gasteiger partial charge on any atom is -0.375 e. The number of benzene rings is 1. The Morgan fingerprint density at radius 1 is 0.939 bits per heavy atom. The van der Waals surface area contributed by atoms with Crippen molar-refractivity contribution in [3.63, 3.8) is 0 Å². The molecule has 0 saturated carbocycles. The molecule has 2 aliphatic rings. The van der Waals surface area contributed by atoms with Gasteiger partial charge in [-0.2, -0.15) is 0 Å². The van der Waals surface area contributed by atoms with Crippen LogP contribution in [0.4, 0.5) is 5.69 Å². The van der Waals surface area contributed by atoms with Gasteiger partial charge in [0.05, 0.1) is 0 Å². The van der Waals surface area contributed by atoms with E-state index in [1.54, 1.807) is 7.11 Å². The molecule has 7 nitrogen and oxygen atoms in total. The Hall–Kier alpha value is -1.96. The fourth-order valence-electron chi connectivity index (χ4n) is 4.91. The fraction of sp³-hybridized carbons (Fsp3) is 0.692. The number of methoxy groups -OCH3 is 1. The Morgan fingerprint density at radius 3 is 2.42 bits per heavy atom. The molecular formula is C26H42N4O3. The lowest BCUT2D eigenvalue weighted by atomic mass is 10.1. The number of anilines is 1. The highest BCUT2D eigenvalue weighted by Crippen LogP contribution is 2.24. The van der Waals surface area contributed by atoms with Crippen LogP contribution >= 0.6 is 0 Å². The Labute approximate surface area is 199 Å². The van der Waals surface area contributed by atoms with Gasteiger partial charge in [-0.3, -0.25) is 14.5 Å². The number of hydrogen-bond donors (Lipinski definition) is 0. The molecule has 1 saturated heterocycles. The smallest absolute Gasteiger partial charge is 0.252 e. The number of amides is 2. The third-order valence-electron chi connectivity index (χ3n) is 6.84. The van der Waals surface area contributed by atoms with Crippen LogP contribution in [0.3, 0.4) is 0 Å². The molecule has 0 aliphatic carbocycles. The lowest BCUT2D eigenvalue weighted by Gasteiger charge is -2.30. The van der Waals surface area contributed by atoms with Crippen molar-refractivity contribution >= 4 is 17.5 Å². The largest absolute Gasteiger partial charge is 0.375 e. The SMILES string of the molecule is COCC(=O)N1CCCN(C(C)C)CCN(C(=O)CCCN2CCCC2)Cc2ccccc21. The van der Waals surface area contributed by atoms with Crippen LogP contribution in [0.25, 0.3) is 0 Å². The molecule has 3 rings (SSSR count). The maximum Gasteiger partial charge on any atom is 0.252 e. The van der Waals surface area contributed by atoms with Gasteiger partial charge in [-0.15, -0.1) is 0 Å². The van der Waals surface area contributed by atoms with Gasteiger partial charge >= 0.3 is 0 Å². The number of rotatable bonds is 7. The number of ether oxygens (including phenoxy) is 1. The van der Waals surface area contributed by atoms with Crippen molar-refractivity contribution in [2.45, 2.75) is 58.5 Å². The molecule has 0 unspecified atom stereocenters. The predicted octanol–water partition coefficient (Wildman–Crippen LogP) is 2.98. The van der Waals surface area contributed by atoms with Crippen LogP contribution in [0.1, 0.15) is 51.5 Å². The standard InChI is InChI=1S/C26H42N4O3/c1-22(2)28-16-9-17-30(26(32)21-33-3)24-11-5-4-10-23(24)20-29(19-18-28)25(31)12-8-15-27-13-6-7-14-27/h4-5,10-11,22H,6-9,12-21H2,1-3H3. The Balaban J connectivity index is 1.79. The van der Waals surface area contributed by atoms with E-state index in [0.29, 0.717) is 32.1 Å². The molecule has 0 spiro atoms. The van der Waals surface area contributed by atoms with Gasteiger partial charge in [0.25, 0.3) is 5.91 Å². The lowest BCUT2D eigenvalue weighted by molar-refractivity contribution is -0.132. The molecule has 0 atom stereocenters. The highest BCUT2D eigenvalue weighted by molar-refractivity contribution is 5.95. The van der Waals surface area contributed by atoms with Crippen molar-refractivity contribution in [2.75, 3.05) is 64.4 Å². The summed E-state index contributed by atoms with van der Waals surface area (Å²) in [7, 11) is 1.55. The van der Waals surface area contributed by atoms with Gasteiger partial charge in [-0.25, -0.2) is 0 Å². The summed E-state index contributed by atoms with van der Waals surface area (Å²) in [6, 6.07) is 8.40. The summed E-state index contributed by atoms with van der Waals surface area (Å²) in [5, 5.41) is 0. The van der Waals surface area contributed by atoms with Crippen LogP contribution in [0, 0.1) is 0 Å². The molecule has 2 amide bonds. The first-order valence-electron chi connectivity index (χ1n) is 12.6. The zero-order valence-corrected chi connectivity index (χ0v) is 20.8. The topological polar surface area (TPSA) is 56.3 Å². The molecule has 0 N–H and O–H groups in total. The van der Waals surface area contributed by atoms with Crippen LogP contribution in [-0.4, -0.2) is 92.1 Å². The number of carbonyl (C=O) groups is 2. The van der Waals surface area contributed by atoms with Gasteiger partial charge in [-0.1, -0.05) is 18.2 Å². The second-order valence-electron chi connectivity index (χ2n) is 9.56. The molecular weight excluding hydrogens is 416 g/mol. The van der Waals surface area contributed by atoms with E-state index in [4.69, 9.17) is 4.74 Å². The number of hydrogen-bond acceptors (Lipinski definition) is 5. The monoisotopic (exact) mass is 458 g/mol. The number of fused-ring (bicyclic) bond motifs is 1. The Morgan fingerprint density at radius 2 is 1.70 bits per heavy atom. The van der Waals surface area contributed by atoms with Gasteiger partial charge in [0, 0.05) is 58.0 Å². The van der Waals surface area contributed by atoms with Crippen LogP contribution in [0.15, 0.2) is 24.3 Å². The second kappa shape index (κ2) is 13.1. The lowest BCUT2D eigenvalue weighted by Crippen LogP contribution is -2.41. The molecule has 184 valence electrons. The molecule has 2 heterocycles. The average molecular weight is 459 g/mol. The number of likely N-dealkylation sites (tertiary alicyclic amines) is 1. The van der Waals surface area contributed by atoms with Crippen LogP contribution in [0.5, 0.6) is 0 Å². The number of nitrogens with zero attached hydrogens (tertiary/aromatic N) is 4. The van der Waals surface area contributed by atoms with Crippen LogP contribution in [-0.2, 0) is 20.9 Å². The highest BCUT2D eigenvalue weighted by atomic mass is 16.5. The zero-order valence-electron chi connectivity index (χ0n) is 20.8. The molecule has 0 bridgehead atoms. The van der Waals surface area contributed by atoms with Gasteiger partial charge in [0.2, 0.25) is 5.91 Å². The number of carbonyl (C=O) groups excluding carboxylic acids is 2. The fourth-order valence-corrected chi connectivity index (χ4v) is 4.91. The quantitative estimate of drug-likeness (QED) is 0.629. The summed E-state index contributed by atoms with van der Waals surface area (Å²) >= 11 is 0. The van der Waals surface area contributed by atoms with Crippen molar-refractivity contribution in [1.29, 1.82) is 0 Å². The molecule has 1 fully saturated rings. The van der Waals surface area contributed by atoms with E-state index in [1.165, 1.54) is 25.9 Å². The van der Waals surface area contributed by atoms with E-state index in [1.807, 2.05) is 34.1 Å². The molecule has 33 heavy (non-hydrogen) atoms. The summed E-state index contributed by atoms with van der Waals surface area (Å²) in [6.07, 6.45) is 4.92. The normalized spacial score (nSPS) is 18.9. The molecule has 1 aromatic rings. The third-order valence-corrected chi connectivity index (χ3v) is 6.84. The molecule has 2 aliphatic heterocycles. The van der Waals surface area contributed by atoms with Crippen molar-refractivity contribution in [3.05, 3.63) is 29.8 Å². The maximum absolute atomic E-state index is 13.3. The van der Waals surface area contributed by atoms with Crippen molar-refractivity contribution < 1.29 is 14.3 Å². The first-order valence-corrected chi connectivity index (χ1v) is 12.6. The third kappa shape index (κ3) is 7.52.